The second-order valence-corrected chi connectivity index (χ2v) is 6.16. The maximum Gasteiger partial charge on any atom is 0.325 e. The number of imide groups is 1. The average Bonchev–Trinajstić information content (AvgIpc) is 3.28. The van der Waals surface area contributed by atoms with E-state index in [0.29, 0.717) is 5.69 Å². The van der Waals surface area contributed by atoms with E-state index in [-0.39, 0.29) is 24.3 Å². The fourth-order valence-electron chi connectivity index (χ4n) is 2.84. The van der Waals surface area contributed by atoms with Crippen molar-refractivity contribution in [2.75, 3.05) is 11.9 Å². The zero-order valence-corrected chi connectivity index (χ0v) is 12.7. The normalized spacial score (nSPS) is 24.4. The van der Waals surface area contributed by atoms with Gasteiger partial charge in [0.15, 0.2) is 0 Å². The Balaban J connectivity index is 1.68. The summed E-state index contributed by atoms with van der Waals surface area (Å²) in [5.74, 6) is -0.494. The van der Waals surface area contributed by atoms with Crippen LogP contribution in [-0.2, 0) is 9.59 Å². The Morgan fingerprint density at radius 2 is 2.05 bits per heavy atom. The molecule has 3 rings (SSSR count). The third kappa shape index (κ3) is 2.45. The zero-order valence-electron chi connectivity index (χ0n) is 12.7. The van der Waals surface area contributed by atoms with E-state index in [1.54, 1.807) is 13.0 Å². The Bertz CT molecular complexity index is 654. The molecular formula is C16H19N3O3. The van der Waals surface area contributed by atoms with Gasteiger partial charge < -0.3 is 10.6 Å². The molecule has 2 N–H and O–H groups in total. The molecule has 6 heteroatoms. The Morgan fingerprint density at radius 3 is 2.68 bits per heavy atom. The molecule has 1 aromatic rings. The van der Waals surface area contributed by atoms with E-state index >= 15 is 0 Å². The third-order valence-electron chi connectivity index (χ3n) is 4.42. The van der Waals surface area contributed by atoms with Crippen LogP contribution in [0.5, 0.6) is 0 Å². The molecule has 2 aliphatic rings. The first-order valence-corrected chi connectivity index (χ1v) is 7.41. The molecule has 1 saturated heterocycles. The van der Waals surface area contributed by atoms with Crippen LogP contribution in [0.1, 0.15) is 25.3 Å². The van der Waals surface area contributed by atoms with Crippen LogP contribution in [0.4, 0.5) is 10.5 Å². The molecule has 1 heterocycles. The second kappa shape index (κ2) is 5.12. The van der Waals surface area contributed by atoms with Crippen molar-refractivity contribution < 1.29 is 14.4 Å². The summed E-state index contributed by atoms with van der Waals surface area (Å²) >= 11 is 0. The number of urea groups is 1. The van der Waals surface area contributed by atoms with Crippen LogP contribution < -0.4 is 10.6 Å². The van der Waals surface area contributed by atoms with Crippen LogP contribution in [0.15, 0.2) is 24.3 Å². The summed E-state index contributed by atoms with van der Waals surface area (Å²) in [4.78, 5) is 37.6. The highest BCUT2D eigenvalue weighted by molar-refractivity contribution is 6.10. The van der Waals surface area contributed by atoms with Gasteiger partial charge in [-0.05, 0) is 44.2 Å². The van der Waals surface area contributed by atoms with E-state index < -0.39 is 11.6 Å². The quantitative estimate of drug-likeness (QED) is 0.830. The SMILES string of the molecule is Cc1ccccc1NC(=O)CN1C(=O)NC(C)(C2CC2)C1=O. The lowest BCUT2D eigenvalue weighted by Crippen LogP contribution is -2.46. The lowest BCUT2D eigenvalue weighted by Gasteiger charge is -2.20. The molecule has 0 bridgehead atoms. The molecule has 4 amide bonds. The number of amides is 4. The first-order chi connectivity index (χ1) is 10.4. The van der Waals surface area contributed by atoms with Gasteiger partial charge in [0.1, 0.15) is 12.1 Å². The summed E-state index contributed by atoms with van der Waals surface area (Å²) in [5, 5.41) is 5.47. The number of nitrogens with one attached hydrogen (secondary N) is 2. The summed E-state index contributed by atoms with van der Waals surface area (Å²) in [6, 6.07) is 6.88. The maximum atomic E-state index is 12.4. The van der Waals surface area contributed by atoms with Crippen LogP contribution >= 0.6 is 0 Å². The molecule has 2 fully saturated rings. The summed E-state index contributed by atoms with van der Waals surface area (Å²) < 4.78 is 0. The number of nitrogens with zero attached hydrogens (tertiary/aromatic N) is 1. The van der Waals surface area contributed by atoms with E-state index in [0.717, 1.165) is 23.3 Å². The van der Waals surface area contributed by atoms with Crippen LogP contribution in [0.3, 0.4) is 0 Å². The van der Waals surface area contributed by atoms with Crippen molar-refractivity contribution in [3.8, 4) is 0 Å². The standard InChI is InChI=1S/C16H19N3O3/c1-10-5-3-4-6-12(10)17-13(20)9-19-14(21)16(2,11-7-8-11)18-15(19)22/h3-6,11H,7-9H2,1-2H3,(H,17,20)(H,18,22). The minimum Gasteiger partial charge on any atom is -0.324 e. The van der Waals surface area contributed by atoms with Crippen molar-refractivity contribution in [3.05, 3.63) is 29.8 Å². The molecule has 1 aliphatic heterocycles. The van der Waals surface area contributed by atoms with Gasteiger partial charge >= 0.3 is 6.03 Å². The number of carbonyl (C=O) groups is 3. The molecule has 1 saturated carbocycles. The van der Waals surface area contributed by atoms with E-state index in [4.69, 9.17) is 0 Å². The van der Waals surface area contributed by atoms with E-state index in [1.807, 2.05) is 25.1 Å². The highest BCUT2D eigenvalue weighted by atomic mass is 16.2. The molecule has 0 spiro atoms. The lowest BCUT2D eigenvalue weighted by atomic mass is 9.96. The number of hydrogen-bond donors (Lipinski definition) is 2. The van der Waals surface area contributed by atoms with Gasteiger partial charge in [-0.2, -0.15) is 0 Å². The first-order valence-electron chi connectivity index (χ1n) is 7.41. The van der Waals surface area contributed by atoms with Gasteiger partial charge in [0, 0.05) is 5.69 Å². The Hall–Kier alpha value is -2.37. The number of anilines is 1. The molecule has 0 aromatic heterocycles. The number of rotatable bonds is 4. The number of para-hydroxylation sites is 1. The fraction of sp³-hybridized carbons (Fsp3) is 0.438. The predicted octanol–water partition coefficient (Wildman–Crippen LogP) is 1.65. The molecule has 6 nitrogen and oxygen atoms in total. The van der Waals surface area contributed by atoms with Gasteiger partial charge in [0.2, 0.25) is 5.91 Å². The molecule has 1 aliphatic carbocycles. The molecule has 1 atom stereocenters. The number of hydrogen-bond acceptors (Lipinski definition) is 3. The van der Waals surface area contributed by atoms with Crippen molar-refractivity contribution in [1.82, 2.24) is 10.2 Å². The Kier molecular flexibility index (Phi) is 3.39. The summed E-state index contributed by atoms with van der Waals surface area (Å²) in [5.41, 5.74) is 0.764. The van der Waals surface area contributed by atoms with Crippen LogP contribution in [0.25, 0.3) is 0 Å². The van der Waals surface area contributed by atoms with Crippen molar-refractivity contribution in [2.45, 2.75) is 32.2 Å². The minimum atomic E-state index is -0.847. The number of benzene rings is 1. The van der Waals surface area contributed by atoms with Crippen molar-refractivity contribution in [3.63, 3.8) is 0 Å². The second-order valence-electron chi connectivity index (χ2n) is 6.16. The van der Waals surface area contributed by atoms with Gasteiger partial charge in [-0.25, -0.2) is 4.79 Å². The summed E-state index contributed by atoms with van der Waals surface area (Å²) in [6.07, 6.45) is 1.87. The number of aryl methyl sites for hydroxylation is 1. The highest BCUT2D eigenvalue weighted by Crippen LogP contribution is 2.42. The molecule has 1 unspecified atom stereocenters. The van der Waals surface area contributed by atoms with E-state index in [9.17, 15) is 14.4 Å². The van der Waals surface area contributed by atoms with Crippen molar-refractivity contribution in [2.24, 2.45) is 5.92 Å². The van der Waals surface area contributed by atoms with Gasteiger partial charge in [0.05, 0.1) is 0 Å². The Morgan fingerprint density at radius 1 is 1.36 bits per heavy atom. The van der Waals surface area contributed by atoms with Crippen LogP contribution in [0.2, 0.25) is 0 Å². The maximum absolute atomic E-state index is 12.4. The molecule has 116 valence electrons. The lowest BCUT2D eigenvalue weighted by molar-refractivity contribution is -0.134. The van der Waals surface area contributed by atoms with Crippen molar-refractivity contribution >= 4 is 23.5 Å². The smallest absolute Gasteiger partial charge is 0.324 e. The van der Waals surface area contributed by atoms with E-state index in [2.05, 4.69) is 10.6 Å². The van der Waals surface area contributed by atoms with Gasteiger partial charge in [-0.3, -0.25) is 14.5 Å². The fourth-order valence-corrected chi connectivity index (χ4v) is 2.84. The average molecular weight is 301 g/mol. The number of carbonyl (C=O) groups excluding carboxylic acids is 3. The molecule has 22 heavy (non-hydrogen) atoms. The molecule has 1 aromatic carbocycles. The third-order valence-corrected chi connectivity index (χ3v) is 4.42. The summed E-state index contributed by atoms with van der Waals surface area (Å²) in [6.45, 7) is 3.36. The molecular weight excluding hydrogens is 282 g/mol. The largest absolute Gasteiger partial charge is 0.325 e. The summed E-state index contributed by atoms with van der Waals surface area (Å²) in [7, 11) is 0. The van der Waals surface area contributed by atoms with Crippen LogP contribution in [0, 0.1) is 12.8 Å². The van der Waals surface area contributed by atoms with Gasteiger partial charge in [0.25, 0.3) is 5.91 Å². The van der Waals surface area contributed by atoms with E-state index in [1.165, 1.54) is 0 Å². The monoisotopic (exact) mass is 301 g/mol. The predicted molar refractivity (Wildman–Crippen MR) is 81.2 cm³/mol. The first kappa shape index (κ1) is 14.6. The minimum absolute atomic E-state index is 0.188. The topological polar surface area (TPSA) is 78.5 Å². The van der Waals surface area contributed by atoms with Crippen LogP contribution in [-0.4, -0.2) is 34.8 Å². The van der Waals surface area contributed by atoms with Gasteiger partial charge in [-0.15, -0.1) is 0 Å². The highest BCUT2D eigenvalue weighted by Gasteiger charge is 2.56. The zero-order chi connectivity index (χ0) is 15.9. The Labute approximate surface area is 128 Å². The molecule has 0 radical (unpaired) electrons. The van der Waals surface area contributed by atoms with Crippen molar-refractivity contribution in [1.29, 1.82) is 0 Å². The van der Waals surface area contributed by atoms with Gasteiger partial charge in [-0.1, -0.05) is 18.2 Å².